The van der Waals surface area contributed by atoms with Gasteiger partial charge in [-0.25, -0.2) is 0 Å². The van der Waals surface area contributed by atoms with E-state index in [1.165, 1.54) is 16.6 Å². The third-order valence-electron chi connectivity index (χ3n) is 3.35. The van der Waals surface area contributed by atoms with Gasteiger partial charge in [0.05, 0.1) is 17.9 Å². The average molecular weight is 318 g/mol. The molecule has 3 rings (SSSR count). The number of hydrogen-bond acceptors (Lipinski definition) is 1. The molecule has 0 aliphatic rings. The maximum atomic E-state index is 4.50. The Morgan fingerprint density at radius 1 is 1.21 bits per heavy atom. The Bertz CT molecular complexity index is 724. The molecular formula is C15H16BrN3. The number of rotatable bonds is 3. The van der Waals surface area contributed by atoms with Crippen LogP contribution in [0.15, 0.2) is 41.0 Å². The molecule has 2 heterocycles. The zero-order valence-corrected chi connectivity index (χ0v) is 12.7. The van der Waals surface area contributed by atoms with E-state index in [2.05, 4.69) is 73.7 Å². The summed E-state index contributed by atoms with van der Waals surface area (Å²) in [6.45, 7) is 5.93. The van der Waals surface area contributed by atoms with Gasteiger partial charge in [-0.1, -0.05) is 22.0 Å². The summed E-state index contributed by atoms with van der Waals surface area (Å²) < 4.78 is 5.45. The highest BCUT2D eigenvalue weighted by Crippen LogP contribution is 2.22. The largest absolute Gasteiger partial charge is 0.341 e. The molecule has 0 aliphatic carbocycles. The minimum Gasteiger partial charge on any atom is -0.341 e. The van der Waals surface area contributed by atoms with Gasteiger partial charge >= 0.3 is 0 Å². The van der Waals surface area contributed by atoms with Crippen LogP contribution in [0.2, 0.25) is 0 Å². The first-order valence-corrected chi connectivity index (χ1v) is 7.24. The van der Waals surface area contributed by atoms with Gasteiger partial charge in [-0.15, -0.1) is 0 Å². The Balaban J connectivity index is 2.03. The van der Waals surface area contributed by atoms with Crippen LogP contribution in [0.5, 0.6) is 0 Å². The highest BCUT2D eigenvalue weighted by molar-refractivity contribution is 9.10. The summed E-state index contributed by atoms with van der Waals surface area (Å²) in [5, 5.41) is 5.77. The molecule has 0 unspecified atom stereocenters. The van der Waals surface area contributed by atoms with E-state index in [1.807, 2.05) is 6.92 Å². The summed E-state index contributed by atoms with van der Waals surface area (Å²) in [4.78, 5) is 0. The van der Waals surface area contributed by atoms with Gasteiger partial charge in [0, 0.05) is 22.7 Å². The molecule has 98 valence electrons. The molecular weight excluding hydrogens is 302 g/mol. The molecule has 0 saturated carbocycles. The molecule has 19 heavy (non-hydrogen) atoms. The summed E-state index contributed by atoms with van der Waals surface area (Å²) in [6, 6.07) is 10.7. The summed E-state index contributed by atoms with van der Waals surface area (Å²) in [7, 11) is 0. The SMILES string of the molecule is CCn1nc(C)cc1Cn1ccc2ccc(Br)cc21. The van der Waals surface area contributed by atoms with Crippen molar-refractivity contribution in [3.63, 3.8) is 0 Å². The zero-order valence-electron chi connectivity index (χ0n) is 11.1. The summed E-state index contributed by atoms with van der Waals surface area (Å²) in [5.74, 6) is 0. The van der Waals surface area contributed by atoms with Crippen molar-refractivity contribution in [3.8, 4) is 0 Å². The van der Waals surface area contributed by atoms with Crippen molar-refractivity contribution in [3.05, 3.63) is 52.4 Å². The van der Waals surface area contributed by atoms with Crippen molar-refractivity contribution in [1.82, 2.24) is 14.3 Å². The molecule has 0 aliphatic heterocycles. The number of aryl methyl sites for hydroxylation is 2. The molecule has 1 aromatic carbocycles. The van der Waals surface area contributed by atoms with E-state index in [9.17, 15) is 0 Å². The lowest BCUT2D eigenvalue weighted by atomic mass is 10.2. The van der Waals surface area contributed by atoms with Crippen LogP contribution in [0, 0.1) is 6.92 Å². The van der Waals surface area contributed by atoms with E-state index in [1.54, 1.807) is 0 Å². The maximum absolute atomic E-state index is 4.50. The van der Waals surface area contributed by atoms with E-state index in [-0.39, 0.29) is 0 Å². The van der Waals surface area contributed by atoms with Crippen molar-refractivity contribution in [1.29, 1.82) is 0 Å². The van der Waals surface area contributed by atoms with Crippen LogP contribution in [-0.4, -0.2) is 14.3 Å². The van der Waals surface area contributed by atoms with Crippen molar-refractivity contribution in [2.75, 3.05) is 0 Å². The van der Waals surface area contributed by atoms with E-state index in [0.717, 1.165) is 23.3 Å². The Labute approximate surface area is 121 Å². The molecule has 0 spiro atoms. The Morgan fingerprint density at radius 2 is 2.05 bits per heavy atom. The molecule has 0 amide bonds. The van der Waals surface area contributed by atoms with Gasteiger partial charge in [-0.2, -0.15) is 5.10 Å². The highest BCUT2D eigenvalue weighted by Gasteiger charge is 2.07. The first-order chi connectivity index (χ1) is 9.17. The number of fused-ring (bicyclic) bond motifs is 1. The molecule has 0 N–H and O–H groups in total. The number of hydrogen-bond donors (Lipinski definition) is 0. The first-order valence-electron chi connectivity index (χ1n) is 6.45. The fourth-order valence-electron chi connectivity index (χ4n) is 2.47. The van der Waals surface area contributed by atoms with Crippen molar-refractivity contribution in [2.24, 2.45) is 0 Å². The second kappa shape index (κ2) is 4.85. The second-order valence-corrected chi connectivity index (χ2v) is 5.66. The van der Waals surface area contributed by atoms with Crippen LogP contribution < -0.4 is 0 Å². The molecule has 2 aromatic heterocycles. The molecule has 0 radical (unpaired) electrons. The van der Waals surface area contributed by atoms with Crippen molar-refractivity contribution >= 4 is 26.8 Å². The second-order valence-electron chi connectivity index (χ2n) is 4.74. The van der Waals surface area contributed by atoms with E-state index < -0.39 is 0 Å². The Morgan fingerprint density at radius 3 is 2.84 bits per heavy atom. The van der Waals surface area contributed by atoms with Crippen LogP contribution in [0.25, 0.3) is 10.9 Å². The van der Waals surface area contributed by atoms with Crippen molar-refractivity contribution < 1.29 is 0 Å². The zero-order chi connectivity index (χ0) is 13.4. The highest BCUT2D eigenvalue weighted by atomic mass is 79.9. The molecule has 0 atom stereocenters. The standard InChI is InChI=1S/C15H16BrN3/c1-3-19-14(8-11(2)17-19)10-18-7-6-12-4-5-13(16)9-15(12)18/h4-9H,3,10H2,1-2H3. The lowest BCUT2D eigenvalue weighted by molar-refractivity contribution is 0.602. The molecule has 3 aromatic rings. The van der Waals surface area contributed by atoms with Gasteiger partial charge in [-0.05, 0) is 43.5 Å². The minimum absolute atomic E-state index is 0.856. The average Bonchev–Trinajstić information content (AvgIpc) is 2.94. The number of aromatic nitrogens is 3. The van der Waals surface area contributed by atoms with Crippen LogP contribution >= 0.6 is 15.9 Å². The van der Waals surface area contributed by atoms with Gasteiger partial charge in [0.15, 0.2) is 0 Å². The van der Waals surface area contributed by atoms with Crippen LogP contribution in [-0.2, 0) is 13.1 Å². The predicted molar refractivity (Wildman–Crippen MR) is 81.4 cm³/mol. The smallest absolute Gasteiger partial charge is 0.0645 e. The van der Waals surface area contributed by atoms with Crippen molar-refractivity contribution in [2.45, 2.75) is 26.9 Å². The maximum Gasteiger partial charge on any atom is 0.0645 e. The van der Waals surface area contributed by atoms with Crippen LogP contribution in [0.1, 0.15) is 18.3 Å². The van der Waals surface area contributed by atoms with Gasteiger partial charge < -0.3 is 4.57 Å². The Hall–Kier alpha value is -1.55. The summed E-state index contributed by atoms with van der Waals surface area (Å²) in [5.41, 5.74) is 3.57. The number of benzene rings is 1. The van der Waals surface area contributed by atoms with E-state index >= 15 is 0 Å². The molecule has 4 heteroatoms. The van der Waals surface area contributed by atoms with Gasteiger partial charge in [0.1, 0.15) is 0 Å². The quantitative estimate of drug-likeness (QED) is 0.716. The lowest BCUT2D eigenvalue weighted by Crippen LogP contribution is -2.07. The van der Waals surface area contributed by atoms with E-state index in [0.29, 0.717) is 0 Å². The normalized spacial score (nSPS) is 11.3. The number of nitrogens with zero attached hydrogens (tertiary/aromatic N) is 3. The van der Waals surface area contributed by atoms with E-state index in [4.69, 9.17) is 0 Å². The molecule has 0 fully saturated rings. The predicted octanol–water partition coefficient (Wildman–Crippen LogP) is 3.98. The van der Waals surface area contributed by atoms with Crippen LogP contribution in [0.3, 0.4) is 0 Å². The number of halogens is 1. The summed E-state index contributed by atoms with van der Waals surface area (Å²) >= 11 is 3.54. The third-order valence-corrected chi connectivity index (χ3v) is 3.85. The molecule has 3 nitrogen and oxygen atoms in total. The monoisotopic (exact) mass is 317 g/mol. The first kappa shape index (κ1) is 12.5. The summed E-state index contributed by atoms with van der Waals surface area (Å²) in [6.07, 6.45) is 2.14. The molecule has 0 saturated heterocycles. The Kier molecular flexibility index (Phi) is 3.19. The fraction of sp³-hybridized carbons (Fsp3) is 0.267. The fourth-order valence-corrected chi connectivity index (χ4v) is 2.82. The van der Waals surface area contributed by atoms with Gasteiger partial charge in [0.25, 0.3) is 0 Å². The third kappa shape index (κ3) is 2.32. The minimum atomic E-state index is 0.856. The van der Waals surface area contributed by atoms with Crippen LogP contribution in [0.4, 0.5) is 0 Å². The lowest BCUT2D eigenvalue weighted by Gasteiger charge is -2.07. The van der Waals surface area contributed by atoms with Gasteiger partial charge in [-0.3, -0.25) is 4.68 Å². The van der Waals surface area contributed by atoms with Gasteiger partial charge in [0.2, 0.25) is 0 Å². The molecule has 0 bridgehead atoms. The topological polar surface area (TPSA) is 22.8 Å².